The van der Waals surface area contributed by atoms with Crippen LogP contribution in [0.15, 0.2) is 54.6 Å². The number of hydrogen-bond acceptors (Lipinski definition) is 5. The molecule has 1 unspecified atom stereocenters. The number of anilines is 2. The molecule has 3 N–H and O–H groups in total. The molecular weight excluding hydrogens is 398 g/mol. The van der Waals surface area contributed by atoms with Crippen molar-refractivity contribution in [1.29, 1.82) is 0 Å². The average molecular weight is 424 g/mol. The predicted molar refractivity (Wildman–Crippen MR) is 121 cm³/mol. The van der Waals surface area contributed by atoms with E-state index < -0.39 is 12.1 Å². The maximum absolute atomic E-state index is 12.8. The second-order valence-electron chi connectivity index (χ2n) is 7.14. The number of nitrogens with one attached hydrogen (secondary N) is 3. The van der Waals surface area contributed by atoms with Crippen LogP contribution in [0.2, 0.25) is 0 Å². The molecule has 0 radical (unpaired) electrons. The van der Waals surface area contributed by atoms with Crippen molar-refractivity contribution in [2.24, 2.45) is 5.92 Å². The Labute approximate surface area is 179 Å². The van der Waals surface area contributed by atoms with Crippen LogP contribution in [0.1, 0.15) is 26.3 Å². The third-order valence-corrected chi connectivity index (χ3v) is 5.39. The van der Waals surface area contributed by atoms with Crippen LogP contribution in [0, 0.1) is 5.92 Å². The largest absolute Gasteiger partial charge is 0.326 e. The summed E-state index contributed by atoms with van der Waals surface area (Å²) in [6.07, 6.45) is 0.876. The Balaban J connectivity index is 1.63. The molecule has 0 aliphatic carbocycles. The number of aryl methyl sites for hydroxylation is 1. The predicted octanol–water partition coefficient (Wildman–Crippen LogP) is 4.55. The number of urea groups is 1. The zero-order valence-corrected chi connectivity index (χ0v) is 18.0. The summed E-state index contributed by atoms with van der Waals surface area (Å²) < 4.78 is 0. The highest BCUT2D eigenvalue weighted by Gasteiger charge is 2.25. The van der Waals surface area contributed by atoms with Gasteiger partial charge in [0.1, 0.15) is 11.0 Å². The number of rotatable bonds is 7. The zero-order chi connectivity index (χ0) is 21.5. The summed E-state index contributed by atoms with van der Waals surface area (Å²) in [5.74, 6) is -0.447. The van der Waals surface area contributed by atoms with Crippen LogP contribution in [0.5, 0.6) is 0 Å². The van der Waals surface area contributed by atoms with Crippen LogP contribution < -0.4 is 16.0 Å². The van der Waals surface area contributed by atoms with E-state index in [-0.39, 0.29) is 11.8 Å². The summed E-state index contributed by atoms with van der Waals surface area (Å²) in [4.78, 5) is 25.2. The highest BCUT2D eigenvalue weighted by molar-refractivity contribution is 7.18. The van der Waals surface area contributed by atoms with Gasteiger partial charge in [-0.1, -0.05) is 74.6 Å². The van der Waals surface area contributed by atoms with Crippen LogP contribution in [0.4, 0.5) is 15.6 Å². The Morgan fingerprint density at radius 3 is 2.47 bits per heavy atom. The molecule has 0 saturated carbocycles. The van der Waals surface area contributed by atoms with Crippen molar-refractivity contribution < 1.29 is 9.59 Å². The molecular formula is C22H25N5O2S. The SMILES string of the molecule is CCc1cccc(NC(=O)NC(C(=O)Nc2nnc(-c3ccccc3)s2)C(C)C)c1. The third kappa shape index (κ3) is 5.64. The standard InChI is InChI=1S/C22H25N5O2S/c1-4-15-9-8-12-17(13-15)23-21(29)24-18(14(2)3)19(28)25-22-27-26-20(30-22)16-10-6-5-7-11-16/h5-14,18H,4H2,1-3H3,(H2,23,24,29)(H,25,27,28). The van der Waals surface area contributed by atoms with E-state index >= 15 is 0 Å². The molecule has 8 heteroatoms. The Morgan fingerprint density at radius 2 is 1.77 bits per heavy atom. The maximum atomic E-state index is 12.8. The van der Waals surface area contributed by atoms with Crippen molar-refractivity contribution in [3.05, 3.63) is 60.2 Å². The van der Waals surface area contributed by atoms with Gasteiger partial charge in [0.15, 0.2) is 0 Å². The number of amides is 3. The number of nitrogens with zero attached hydrogens (tertiary/aromatic N) is 2. The molecule has 2 aromatic carbocycles. The lowest BCUT2D eigenvalue weighted by atomic mass is 10.0. The van der Waals surface area contributed by atoms with Crippen molar-refractivity contribution >= 4 is 34.1 Å². The molecule has 3 rings (SSSR count). The second-order valence-corrected chi connectivity index (χ2v) is 8.12. The van der Waals surface area contributed by atoms with Crippen LogP contribution in [-0.2, 0) is 11.2 Å². The van der Waals surface area contributed by atoms with Crippen LogP contribution in [0.25, 0.3) is 10.6 Å². The van der Waals surface area contributed by atoms with Gasteiger partial charge < -0.3 is 10.6 Å². The number of aromatic nitrogens is 2. The van der Waals surface area contributed by atoms with E-state index in [2.05, 4.69) is 33.1 Å². The van der Waals surface area contributed by atoms with E-state index in [0.29, 0.717) is 15.8 Å². The molecule has 0 saturated heterocycles. The first-order valence-corrected chi connectivity index (χ1v) is 10.6. The Morgan fingerprint density at radius 1 is 1.00 bits per heavy atom. The van der Waals surface area contributed by atoms with Gasteiger partial charge in [0, 0.05) is 11.3 Å². The minimum atomic E-state index is -0.719. The van der Waals surface area contributed by atoms with Crippen LogP contribution in [-0.4, -0.2) is 28.2 Å². The Kier molecular flexibility index (Phi) is 7.13. The fraction of sp³-hybridized carbons (Fsp3) is 0.273. The highest BCUT2D eigenvalue weighted by atomic mass is 32.1. The first-order valence-electron chi connectivity index (χ1n) is 9.82. The van der Waals surface area contributed by atoms with Crippen molar-refractivity contribution in [1.82, 2.24) is 15.5 Å². The monoisotopic (exact) mass is 423 g/mol. The first-order chi connectivity index (χ1) is 14.5. The van der Waals surface area contributed by atoms with Crippen molar-refractivity contribution in [2.75, 3.05) is 10.6 Å². The van der Waals surface area contributed by atoms with Crippen molar-refractivity contribution in [3.8, 4) is 10.6 Å². The van der Waals surface area contributed by atoms with E-state index in [1.807, 2.05) is 68.4 Å². The van der Waals surface area contributed by atoms with E-state index in [1.165, 1.54) is 11.3 Å². The molecule has 0 aliphatic heterocycles. The minimum Gasteiger partial charge on any atom is -0.326 e. The summed E-state index contributed by atoms with van der Waals surface area (Å²) in [5.41, 5.74) is 2.74. The summed E-state index contributed by atoms with van der Waals surface area (Å²) in [6.45, 7) is 5.80. The molecule has 156 valence electrons. The molecule has 1 aromatic heterocycles. The summed E-state index contributed by atoms with van der Waals surface area (Å²) in [7, 11) is 0. The van der Waals surface area contributed by atoms with Gasteiger partial charge in [-0.05, 0) is 30.0 Å². The second kappa shape index (κ2) is 9.98. The van der Waals surface area contributed by atoms with Gasteiger partial charge in [-0.2, -0.15) is 0 Å². The normalized spacial score (nSPS) is 11.7. The van der Waals surface area contributed by atoms with Crippen molar-refractivity contribution in [2.45, 2.75) is 33.2 Å². The van der Waals surface area contributed by atoms with Gasteiger partial charge in [0.2, 0.25) is 11.0 Å². The molecule has 7 nitrogen and oxygen atoms in total. The highest BCUT2D eigenvalue weighted by Crippen LogP contribution is 2.26. The van der Waals surface area contributed by atoms with Gasteiger partial charge in [-0.3, -0.25) is 10.1 Å². The lowest BCUT2D eigenvalue weighted by molar-refractivity contribution is -0.118. The van der Waals surface area contributed by atoms with E-state index in [4.69, 9.17) is 0 Å². The molecule has 30 heavy (non-hydrogen) atoms. The summed E-state index contributed by atoms with van der Waals surface area (Å²) in [6, 6.07) is 16.1. The lowest BCUT2D eigenvalue weighted by Gasteiger charge is -2.21. The maximum Gasteiger partial charge on any atom is 0.319 e. The van der Waals surface area contributed by atoms with Crippen LogP contribution in [0.3, 0.4) is 0 Å². The molecule has 0 spiro atoms. The van der Waals surface area contributed by atoms with Gasteiger partial charge in [0.25, 0.3) is 0 Å². The first kappa shape index (κ1) is 21.4. The topological polar surface area (TPSA) is 96.0 Å². The van der Waals surface area contributed by atoms with Gasteiger partial charge in [-0.15, -0.1) is 10.2 Å². The van der Waals surface area contributed by atoms with E-state index in [9.17, 15) is 9.59 Å². The van der Waals surface area contributed by atoms with E-state index in [1.54, 1.807) is 0 Å². The lowest BCUT2D eigenvalue weighted by Crippen LogP contribution is -2.48. The molecule has 0 fully saturated rings. The van der Waals surface area contributed by atoms with Crippen molar-refractivity contribution in [3.63, 3.8) is 0 Å². The average Bonchev–Trinajstić information content (AvgIpc) is 3.21. The molecule has 0 bridgehead atoms. The number of hydrogen-bond donors (Lipinski definition) is 3. The Hall–Kier alpha value is -3.26. The number of benzene rings is 2. The van der Waals surface area contributed by atoms with Crippen LogP contribution >= 0.6 is 11.3 Å². The summed E-state index contributed by atoms with van der Waals surface area (Å²) in [5, 5.41) is 17.6. The minimum absolute atomic E-state index is 0.112. The quantitative estimate of drug-likeness (QED) is 0.519. The Bertz CT molecular complexity index is 1000. The molecule has 3 amide bonds. The molecule has 3 aromatic rings. The third-order valence-electron chi connectivity index (χ3n) is 4.50. The fourth-order valence-corrected chi connectivity index (χ4v) is 3.62. The zero-order valence-electron chi connectivity index (χ0n) is 17.2. The van der Waals surface area contributed by atoms with Gasteiger partial charge in [-0.25, -0.2) is 4.79 Å². The van der Waals surface area contributed by atoms with Gasteiger partial charge >= 0.3 is 6.03 Å². The number of carbonyl (C=O) groups is 2. The van der Waals surface area contributed by atoms with Gasteiger partial charge in [0.05, 0.1) is 0 Å². The smallest absolute Gasteiger partial charge is 0.319 e. The molecule has 0 aliphatic rings. The fourth-order valence-electron chi connectivity index (χ4n) is 2.87. The van der Waals surface area contributed by atoms with E-state index in [0.717, 1.165) is 17.5 Å². The molecule has 1 atom stereocenters. The number of carbonyl (C=O) groups excluding carboxylic acids is 2. The summed E-state index contributed by atoms with van der Waals surface area (Å²) >= 11 is 1.29. The molecule has 1 heterocycles.